The average molecular weight is 475 g/mol. The number of thioether (sulfide) groups is 1. The van der Waals surface area contributed by atoms with Crippen molar-refractivity contribution in [3.63, 3.8) is 0 Å². The second kappa shape index (κ2) is 9.50. The summed E-state index contributed by atoms with van der Waals surface area (Å²) in [5, 5.41) is 0.681. The van der Waals surface area contributed by atoms with E-state index >= 15 is 0 Å². The number of amidine groups is 1. The third-order valence-electron chi connectivity index (χ3n) is 4.36. The maximum atomic E-state index is 12.4. The lowest BCUT2D eigenvalue weighted by Crippen LogP contribution is -2.23. The molecule has 1 aliphatic rings. The predicted molar refractivity (Wildman–Crippen MR) is 123 cm³/mol. The minimum Gasteiger partial charge on any atom is -0.490 e. The molecule has 152 valence electrons. The Hall–Kier alpha value is -2.25. The first-order chi connectivity index (χ1) is 13.9. The van der Waals surface area contributed by atoms with Crippen molar-refractivity contribution in [3.8, 4) is 11.5 Å². The van der Waals surface area contributed by atoms with Gasteiger partial charge >= 0.3 is 0 Å². The van der Waals surface area contributed by atoms with E-state index in [-0.39, 0.29) is 5.91 Å². The standard InChI is InChI=1S/C22H23BrN2O3S/c1-5-27-18-10-16(11-20-21(26)25(4)22(24-3)29-20)17(23)12-19(18)28-13-15-8-6-14(2)7-9-15/h6-12H,5,13H2,1-4H3/b20-11+,24-22?. The van der Waals surface area contributed by atoms with Crippen LogP contribution in [-0.2, 0) is 11.4 Å². The van der Waals surface area contributed by atoms with Gasteiger partial charge in [0.15, 0.2) is 16.7 Å². The first kappa shape index (κ1) is 21.5. The molecule has 1 saturated heterocycles. The number of likely N-dealkylation sites (N-methyl/N-ethyl adjacent to an activating group) is 1. The number of rotatable bonds is 6. The van der Waals surface area contributed by atoms with Gasteiger partial charge in [-0.15, -0.1) is 0 Å². The van der Waals surface area contributed by atoms with Crippen LogP contribution < -0.4 is 9.47 Å². The Labute approximate surface area is 183 Å². The number of benzene rings is 2. The van der Waals surface area contributed by atoms with Gasteiger partial charge in [0.25, 0.3) is 5.91 Å². The summed E-state index contributed by atoms with van der Waals surface area (Å²) in [6, 6.07) is 12.0. The van der Waals surface area contributed by atoms with Gasteiger partial charge in [-0.25, -0.2) is 0 Å². The smallest absolute Gasteiger partial charge is 0.266 e. The van der Waals surface area contributed by atoms with Crippen LogP contribution in [0.3, 0.4) is 0 Å². The van der Waals surface area contributed by atoms with Gasteiger partial charge in [0.1, 0.15) is 6.61 Å². The van der Waals surface area contributed by atoms with Crippen LogP contribution >= 0.6 is 27.7 Å². The van der Waals surface area contributed by atoms with Crippen molar-refractivity contribution in [2.45, 2.75) is 20.5 Å². The molecule has 1 aliphatic heterocycles. The quantitative estimate of drug-likeness (QED) is 0.535. The third kappa shape index (κ3) is 5.03. The summed E-state index contributed by atoms with van der Waals surface area (Å²) < 4.78 is 12.6. The van der Waals surface area contributed by atoms with Crippen molar-refractivity contribution in [1.29, 1.82) is 0 Å². The summed E-state index contributed by atoms with van der Waals surface area (Å²) in [5.41, 5.74) is 3.14. The number of carbonyl (C=O) groups is 1. The SMILES string of the molecule is CCOc1cc(/C=C2/SC(=NC)N(C)C2=O)c(Br)cc1OCc1ccc(C)cc1. The lowest BCUT2D eigenvalue weighted by atomic mass is 10.1. The number of amides is 1. The van der Waals surface area contributed by atoms with Crippen LogP contribution in [-0.4, -0.2) is 36.7 Å². The van der Waals surface area contributed by atoms with Gasteiger partial charge in [-0.1, -0.05) is 45.8 Å². The number of hydrogen-bond donors (Lipinski definition) is 0. The molecule has 0 atom stereocenters. The summed E-state index contributed by atoms with van der Waals surface area (Å²) in [6.07, 6.45) is 1.85. The van der Waals surface area contributed by atoms with E-state index in [1.165, 1.54) is 17.3 Å². The first-order valence-electron chi connectivity index (χ1n) is 9.22. The number of carbonyl (C=O) groups excluding carboxylic acids is 1. The molecule has 0 N–H and O–H groups in total. The predicted octanol–water partition coefficient (Wildman–Crippen LogP) is 5.27. The highest BCUT2D eigenvalue weighted by atomic mass is 79.9. The van der Waals surface area contributed by atoms with Crippen molar-refractivity contribution in [1.82, 2.24) is 4.90 Å². The van der Waals surface area contributed by atoms with Crippen LogP contribution in [0.15, 0.2) is 50.8 Å². The van der Waals surface area contributed by atoms with Crippen molar-refractivity contribution in [2.24, 2.45) is 4.99 Å². The summed E-state index contributed by atoms with van der Waals surface area (Å²) in [4.78, 5) is 18.7. The third-order valence-corrected chi connectivity index (χ3v) is 6.20. The Balaban J connectivity index is 1.87. The number of aliphatic imine (C=N–C) groups is 1. The van der Waals surface area contributed by atoms with E-state index in [0.29, 0.717) is 34.8 Å². The highest BCUT2D eigenvalue weighted by Gasteiger charge is 2.30. The zero-order chi connectivity index (χ0) is 21.0. The molecule has 0 aliphatic carbocycles. The van der Waals surface area contributed by atoms with Gasteiger partial charge < -0.3 is 9.47 Å². The van der Waals surface area contributed by atoms with E-state index in [2.05, 4.69) is 52.1 Å². The van der Waals surface area contributed by atoms with Gasteiger partial charge in [-0.3, -0.25) is 14.7 Å². The summed E-state index contributed by atoms with van der Waals surface area (Å²) in [5.74, 6) is 1.22. The lowest BCUT2D eigenvalue weighted by molar-refractivity contribution is -0.121. The Morgan fingerprint density at radius 2 is 1.86 bits per heavy atom. The first-order valence-corrected chi connectivity index (χ1v) is 10.8. The highest BCUT2D eigenvalue weighted by Crippen LogP contribution is 2.38. The fraction of sp³-hybridized carbons (Fsp3) is 0.273. The average Bonchev–Trinajstić information content (AvgIpc) is 2.98. The second-order valence-corrected chi connectivity index (χ2v) is 8.37. The molecule has 0 aromatic heterocycles. The molecule has 1 heterocycles. The molecule has 1 fully saturated rings. The van der Waals surface area contributed by atoms with Gasteiger partial charge in [0.05, 0.1) is 11.5 Å². The maximum Gasteiger partial charge on any atom is 0.266 e. The van der Waals surface area contributed by atoms with Crippen LogP contribution in [0.2, 0.25) is 0 Å². The number of hydrogen-bond acceptors (Lipinski definition) is 5. The minimum atomic E-state index is -0.0693. The van der Waals surface area contributed by atoms with E-state index in [1.807, 2.05) is 25.1 Å². The molecule has 2 aromatic carbocycles. The lowest BCUT2D eigenvalue weighted by Gasteiger charge is -2.14. The van der Waals surface area contributed by atoms with E-state index in [0.717, 1.165) is 15.6 Å². The minimum absolute atomic E-state index is 0.0693. The molecule has 7 heteroatoms. The van der Waals surface area contributed by atoms with Crippen LogP contribution in [0.1, 0.15) is 23.6 Å². The number of ether oxygens (including phenoxy) is 2. The van der Waals surface area contributed by atoms with E-state index in [4.69, 9.17) is 9.47 Å². The fourth-order valence-electron chi connectivity index (χ4n) is 2.78. The molecule has 0 saturated carbocycles. The largest absolute Gasteiger partial charge is 0.490 e. The Bertz CT molecular complexity index is 971. The van der Waals surface area contributed by atoms with Gasteiger partial charge in [-0.05, 0) is 54.9 Å². The van der Waals surface area contributed by atoms with Gasteiger partial charge in [0.2, 0.25) is 0 Å². The molecule has 0 spiro atoms. The number of nitrogens with zero attached hydrogens (tertiary/aromatic N) is 2. The Morgan fingerprint density at radius 3 is 2.48 bits per heavy atom. The highest BCUT2D eigenvalue weighted by molar-refractivity contribution is 9.10. The molecule has 2 aromatic rings. The summed E-state index contributed by atoms with van der Waals surface area (Å²) >= 11 is 4.96. The fourth-order valence-corrected chi connectivity index (χ4v) is 4.13. The molecular formula is C22H23BrN2O3S. The van der Waals surface area contributed by atoms with Crippen LogP contribution in [0.25, 0.3) is 6.08 Å². The second-order valence-electron chi connectivity index (χ2n) is 6.51. The Morgan fingerprint density at radius 1 is 1.17 bits per heavy atom. The summed E-state index contributed by atoms with van der Waals surface area (Å²) in [6.45, 7) is 4.95. The zero-order valence-electron chi connectivity index (χ0n) is 16.9. The molecular weight excluding hydrogens is 452 g/mol. The number of aryl methyl sites for hydroxylation is 1. The maximum absolute atomic E-state index is 12.4. The molecule has 5 nitrogen and oxygen atoms in total. The molecule has 3 rings (SSSR count). The van der Waals surface area contributed by atoms with Gasteiger partial charge in [-0.2, -0.15) is 0 Å². The molecule has 0 unspecified atom stereocenters. The molecule has 0 radical (unpaired) electrons. The van der Waals surface area contributed by atoms with Crippen LogP contribution in [0.4, 0.5) is 0 Å². The monoisotopic (exact) mass is 474 g/mol. The molecule has 29 heavy (non-hydrogen) atoms. The zero-order valence-corrected chi connectivity index (χ0v) is 19.3. The number of halogens is 1. The topological polar surface area (TPSA) is 51.1 Å². The van der Waals surface area contributed by atoms with E-state index in [9.17, 15) is 4.79 Å². The Kier molecular flexibility index (Phi) is 7.03. The van der Waals surface area contributed by atoms with Crippen molar-refractivity contribution in [3.05, 3.63) is 62.5 Å². The van der Waals surface area contributed by atoms with Crippen molar-refractivity contribution >= 4 is 44.8 Å². The van der Waals surface area contributed by atoms with Crippen molar-refractivity contribution < 1.29 is 14.3 Å². The van der Waals surface area contributed by atoms with Crippen LogP contribution in [0.5, 0.6) is 11.5 Å². The van der Waals surface area contributed by atoms with E-state index < -0.39 is 0 Å². The van der Waals surface area contributed by atoms with Crippen LogP contribution in [0, 0.1) is 6.92 Å². The van der Waals surface area contributed by atoms with Crippen molar-refractivity contribution in [2.75, 3.05) is 20.7 Å². The van der Waals surface area contributed by atoms with Gasteiger partial charge in [0, 0.05) is 18.6 Å². The van der Waals surface area contributed by atoms with E-state index in [1.54, 1.807) is 19.0 Å². The summed E-state index contributed by atoms with van der Waals surface area (Å²) in [7, 11) is 3.40. The normalized spacial score (nSPS) is 16.7. The molecule has 1 amide bonds. The molecule has 0 bridgehead atoms.